The summed E-state index contributed by atoms with van der Waals surface area (Å²) in [7, 11) is -3.90. The van der Waals surface area contributed by atoms with Crippen molar-refractivity contribution in [1.29, 1.82) is 0 Å². The number of anilines is 2. The van der Waals surface area contributed by atoms with Gasteiger partial charge in [-0.25, -0.2) is 12.8 Å². The van der Waals surface area contributed by atoms with Gasteiger partial charge in [0.15, 0.2) is 6.17 Å². The third kappa shape index (κ3) is 3.24. The summed E-state index contributed by atoms with van der Waals surface area (Å²) in [5, 5.41) is 5.32. The normalized spacial score (nSPS) is 18.3. The largest absolute Gasteiger partial charge is 0.360 e. The van der Waals surface area contributed by atoms with Gasteiger partial charge in [-0.1, -0.05) is 19.1 Å². The number of halogens is 1. The number of rotatable bonds is 3. The minimum absolute atomic E-state index is 0.0511. The molecule has 0 saturated carbocycles. The Morgan fingerprint density at radius 3 is 2.58 bits per heavy atom. The molecule has 6 nitrogen and oxygen atoms in total. The van der Waals surface area contributed by atoms with Gasteiger partial charge in [0.05, 0.1) is 5.69 Å². The second-order valence-electron chi connectivity index (χ2n) is 5.38. The van der Waals surface area contributed by atoms with Crippen LogP contribution in [-0.2, 0) is 21.2 Å². The minimum atomic E-state index is -3.90. The molecule has 8 heteroatoms. The molecule has 0 fully saturated rings. The third-order valence-electron chi connectivity index (χ3n) is 3.70. The van der Waals surface area contributed by atoms with E-state index in [0.717, 1.165) is 30.2 Å². The standard InChI is InChI=1S/C16H16FN3O3S/c1-2-10-3-6-12(7-4-10)18-16(21)15-19-13-9-11(17)5-8-14(13)24(22,23)20-15/h3-9,15,19-20H,2H2,1H3,(H,18,21). The molecule has 0 aliphatic carbocycles. The molecular formula is C16H16FN3O3S. The predicted molar refractivity (Wildman–Crippen MR) is 88.6 cm³/mol. The molecule has 0 aromatic heterocycles. The van der Waals surface area contributed by atoms with Crippen molar-refractivity contribution in [2.24, 2.45) is 0 Å². The van der Waals surface area contributed by atoms with Gasteiger partial charge in [0.1, 0.15) is 10.7 Å². The fourth-order valence-electron chi connectivity index (χ4n) is 2.41. The van der Waals surface area contributed by atoms with Crippen LogP contribution in [0.1, 0.15) is 12.5 Å². The molecule has 1 heterocycles. The maximum Gasteiger partial charge on any atom is 0.262 e. The summed E-state index contributed by atoms with van der Waals surface area (Å²) in [5.41, 5.74) is 1.72. The molecule has 2 aromatic carbocycles. The molecule has 0 radical (unpaired) electrons. The zero-order valence-corrected chi connectivity index (χ0v) is 13.7. The van der Waals surface area contributed by atoms with E-state index in [1.165, 1.54) is 0 Å². The van der Waals surface area contributed by atoms with Crippen LogP contribution in [0.4, 0.5) is 15.8 Å². The van der Waals surface area contributed by atoms with Crippen molar-refractivity contribution >= 4 is 27.3 Å². The van der Waals surface area contributed by atoms with Gasteiger partial charge in [0.25, 0.3) is 5.91 Å². The molecule has 0 spiro atoms. The van der Waals surface area contributed by atoms with Crippen LogP contribution in [0.25, 0.3) is 0 Å². The quantitative estimate of drug-likeness (QED) is 0.791. The molecule has 0 bridgehead atoms. The Bertz CT molecular complexity index is 882. The summed E-state index contributed by atoms with van der Waals surface area (Å²) in [6.07, 6.45) is -0.351. The van der Waals surface area contributed by atoms with Gasteiger partial charge in [-0.15, -0.1) is 0 Å². The molecule has 1 atom stereocenters. The number of nitrogens with one attached hydrogen (secondary N) is 3. The summed E-state index contributed by atoms with van der Waals surface area (Å²) in [6, 6.07) is 10.5. The van der Waals surface area contributed by atoms with E-state index in [-0.39, 0.29) is 10.6 Å². The van der Waals surface area contributed by atoms with Gasteiger partial charge in [0.2, 0.25) is 10.0 Å². The minimum Gasteiger partial charge on any atom is -0.360 e. The fraction of sp³-hybridized carbons (Fsp3) is 0.188. The maximum absolute atomic E-state index is 13.3. The second-order valence-corrected chi connectivity index (χ2v) is 7.06. The van der Waals surface area contributed by atoms with Crippen LogP contribution in [0.3, 0.4) is 0 Å². The first-order valence-corrected chi connectivity index (χ1v) is 8.85. The lowest BCUT2D eigenvalue weighted by molar-refractivity contribution is -0.117. The van der Waals surface area contributed by atoms with Crippen molar-refractivity contribution in [3.8, 4) is 0 Å². The Kier molecular flexibility index (Phi) is 4.25. The molecule has 2 aromatic rings. The Morgan fingerprint density at radius 2 is 1.92 bits per heavy atom. The molecule has 1 amide bonds. The second kappa shape index (κ2) is 6.21. The Hall–Kier alpha value is -2.45. The van der Waals surface area contributed by atoms with E-state index in [0.29, 0.717) is 5.69 Å². The molecule has 3 rings (SSSR count). The van der Waals surface area contributed by atoms with Crippen LogP contribution in [0.5, 0.6) is 0 Å². The maximum atomic E-state index is 13.3. The van der Waals surface area contributed by atoms with E-state index in [2.05, 4.69) is 15.4 Å². The number of amides is 1. The van der Waals surface area contributed by atoms with Crippen molar-refractivity contribution in [2.45, 2.75) is 24.4 Å². The number of hydrogen-bond acceptors (Lipinski definition) is 4. The highest BCUT2D eigenvalue weighted by Crippen LogP contribution is 2.27. The lowest BCUT2D eigenvalue weighted by atomic mass is 10.1. The number of fused-ring (bicyclic) bond motifs is 1. The fourth-order valence-corrected chi connectivity index (χ4v) is 3.67. The average Bonchev–Trinajstić information content (AvgIpc) is 2.54. The summed E-state index contributed by atoms with van der Waals surface area (Å²) in [5.74, 6) is -1.18. The SMILES string of the molecule is CCc1ccc(NC(=O)C2Nc3cc(F)ccc3S(=O)(=O)N2)cc1. The summed E-state index contributed by atoms with van der Waals surface area (Å²) < 4.78 is 39.9. The van der Waals surface area contributed by atoms with Crippen LogP contribution in [0.2, 0.25) is 0 Å². The number of sulfonamides is 1. The molecule has 0 saturated heterocycles. The number of aryl methyl sites for hydroxylation is 1. The highest BCUT2D eigenvalue weighted by molar-refractivity contribution is 7.89. The lowest BCUT2D eigenvalue weighted by Crippen LogP contribution is -2.51. The smallest absolute Gasteiger partial charge is 0.262 e. The van der Waals surface area contributed by atoms with E-state index >= 15 is 0 Å². The van der Waals surface area contributed by atoms with Crippen molar-refractivity contribution in [1.82, 2.24) is 4.72 Å². The van der Waals surface area contributed by atoms with Gasteiger partial charge in [-0.2, -0.15) is 4.72 Å². The van der Waals surface area contributed by atoms with Crippen molar-refractivity contribution < 1.29 is 17.6 Å². The first-order valence-electron chi connectivity index (χ1n) is 7.37. The monoisotopic (exact) mass is 349 g/mol. The van der Waals surface area contributed by atoms with Gasteiger partial charge in [-0.3, -0.25) is 4.79 Å². The van der Waals surface area contributed by atoms with Crippen LogP contribution in [0.15, 0.2) is 47.4 Å². The first kappa shape index (κ1) is 16.4. The van der Waals surface area contributed by atoms with Gasteiger partial charge < -0.3 is 10.6 Å². The van der Waals surface area contributed by atoms with Gasteiger partial charge >= 0.3 is 0 Å². The third-order valence-corrected chi connectivity index (χ3v) is 5.18. The first-order chi connectivity index (χ1) is 11.4. The summed E-state index contributed by atoms with van der Waals surface area (Å²) in [4.78, 5) is 12.2. The molecule has 126 valence electrons. The topological polar surface area (TPSA) is 87.3 Å². The molecule has 1 aliphatic rings. The molecular weight excluding hydrogens is 333 g/mol. The summed E-state index contributed by atoms with van der Waals surface area (Å²) >= 11 is 0. The van der Waals surface area contributed by atoms with Crippen LogP contribution in [-0.4, -0.2) is 20.5 Å². The number of hydrogen-bond donors (Lipinski definition) is 3. The Morgan fingerprint density at radius 1 is 1.21 bits per heavy atom. The highest BCUT2D eigenvalue weighted by Gasteiger charge is 2.33. The average molecular weight is 349 g/mol. The van der Waals surface area contributed by atoms with Crippen LogP contribution in [0, 0.1) is 5.82 Å². The van der Waals surface area contributed by atoms with Gasteiger partial charge in [-0.05, 0) is 42.3 Å². The Labute approximate surface area is 139 Å². The number of carbonyl (C=O) groups excluding carboxylic acids is 1. The zero-order valence-electron chi connectivity index (χ0n) is 12.8. The van der Waals surface area contributed by atoms with E-state index in [1.54, 1.807) is 12.1 Å². The number of benzene rings is 2. The molecule has 24 heavy (non-hydrogen) atoms. The van der Waals surface area contributed by atoms with E-state index in [1.807, 2.05) is 19.1 Å². The predicted octanol–water partition coefficient (Wildman–Crippen LogP) is 2.06. The van der Waals surface area contributed by atoms with Gasteiger partial charge in [0, 0.05) is 5.69 Å². The molecule has 1 aliphatic heterocycles. The van der Waals surface area contributed by atoms with E-state index in [4.69, 9.17) is 0 Å². The van der Waals surface area contributed by atoms with E-state index in [9.17, 15) is 17.6 Å². The number of carbonyl (C=O) groups is 1. The zero-order chi connectivity index (χ0) is 17.3. The van der Waals surface area contributed by atoms with Crippen molar-refractivity contribution in [2.75, 3.05) is 10.6 Å². The molecule has 3 N–H and O–H groups in total. The van der Waals surface area contributed by atoms with Crippen LogP contribution < -0.4 is 15.4 Å². The van der Waals surface area contributed by atoms with E-state index < -0.39 is 27.9 Å². The van der Waals surface area contributed by atoms with Crippen molar-refractivity contribution in [3.05, 3.63) is 53.8 Å². The summed E-state index contributed by atoms with van der Waals surface area (Å²) in [6.45, 7) is 2.02. The highest BCUT2D eigenvalue weighted by atomic mass is 32.2. The lowest BCUT2D eigenvalue weighted by Gasteiger charge is -2.27. The Balaban J connectivity index is 1.81. The van der Waals surface area contributed by atoms with Crippen molar-refractivity contribution in [3.63, 3.8) is 0 Å². The van der Waals surface area contributed by atoms with Crippen LogP contribution >= 0.6 is 0 Å². The molecule has 1 unspecified atom stereocenters.